The van der Waals surface area contributed by atoms with E-state index >= 15 is 0 Å². The van der Waals surface area contributed by atoms with Crippen LogP contribution in [0, 0.1) is 0 Å². The molecule has 0 aliphatic heterocycles. The van der Waals surface area contributed by atoms with Gasteiger partial charge in [0.1, 0.15) is 0 Å². The number of nitrogens with two attached hydrogens (primary N) is 1. The molecule has 2 aromatic rings. The highest BCUT2D eigenvalue weighted by Gasteiger charge is 2.18. The summed E-state index contributed by atoms with van der Waals surface area (Å²) in [4.78, 5) is 2.09. The Morgan fingerprint density at radius 2 is 2.10 bits per heavy atom. The summed E-state index contributed by atoms with van der Waals surface area (Å²) in [6.45, 7) is 1.61. The van der Waals surface area contributed by atoms with Crippen LogP contribution in [0.1, 0.15) is 17.3 Å². The first kappa shape index (κ1) is 15.3. The van der Waals surface area contributed by atoms with Gasteiger partial charge in [-0.3, -0.25) is 4.68 Å². The van der Waals surface area contributed by atoms with E-state index in [1.807, 2.05) is 43.0 Å². The van der Waals surface area contributed by atoms with E-state index in [0.29, 0.717) is 10.0 Å². The number of aromatic nitrogens is 2. The smallest absolute Gasteiger partial charge is 0.0837 e. The molecule has 6 heteroatoms. The Hall–Kier alpha value is -1.07. The van der Waals surface area contributed by atoms with E-state index in [1.54, 1.807) is 6.20 Å². The standard InChI is InChI=1S/C14H18Cl2N4/c1-19(2)6-7-20-14(12(16)9-18-20)13(17)10-4-3-5-11(15)8-10/h3-5,8-9,13H,6-7,17H2,1-2H3. The Labute approximate surface area is 129 Å². The SMILES string of the molecule is CN(C)CCn1ncc(Cl)c1C(N)c1cccc(Cl)c1. The predicted molar refractivity (Wildman–Crippen MR) is 83.3 cm³/mol. The first-order chi connectivity index (χ1) is 9.49. The molecule has 108 valence electrons. The molecule has 1 unspecified atom stereocenters. The molecular weight excluding hydrogens is 295 g/mol. The lowest BCUT2D eigenvalue weighted by molar-refractivity contribution is 0.368. The molecule has 20 heavy (non-hydrogen) atoms. The molecule has 0 bridgehead atoms. The number of rotatable bonds is 5. The van der Waals surface area contributed by atoms with Crippen molar-refractivity contribution in [3.05, 3.63) is 51.8 Å². The van der Waals surface area contributed by atoms with Crippen LogP contribution in [0.2, 0.25) is 10.0 Å². The monoisotopic (exact) mass is 312 g/mol. The highest BCUT2D eigenvalue weighted by atomic mass is 35.5. The molecule has 1 aromatic carbocycles. The van der Waals surface area contributed by atoms with Crippen molar-refractivity contribution in [2.45, 2.75) is 12.6 Å². The van der Waals surface area contributed by atoms with Crippen molar-refractivity contribution in [1.29, 1.82) is 0 Å². The molecule has 0 fully saturated rings. The summed E-state index contributed by atoms with van der Waals surface area (Å²) >= 11 is 12.2. The van der Waals surface area contributed by atoms with Crippen LogP contribution in [0.25, 0.3) is 0 Å². The highest BCUT2D eigenvalue weighted by molar-refractivity contribution is 6.31. The van der Waals surface area contributed by atoms with Gasteiger partial charge < -0.3 is 10.6 Å². The van der Waals surface area contributed by atoms with Gasteiger partial charge in [-0.25, -0.2) is 0 Å². The second-order valence-electron chi connectivity index (χ2n) is 4.94. The Morgan fingerprint density at radius 1 is 1.35 bits per heavy atom. The summed E-state index contributed by atoms with van der Waals surface area (Å²) in [5.41, 5.74) is 8.06. The van der Waals surface area contributed by atoms with Crippen molar-refractivity contribution < 1.29 is 0 Å². The number of halogens is 2. The number of nitrogens with zero attached hydrogens (tertiary/aromatic N) is 3. The lowest BCUT2D eigenvalue weighted by Gasteiger charge is -2.17. The molecule has 2 N–H and O–H groups in total. The highest BCUT2D eigenvalue weighted by Crippen LogP contribution is 2.27. The summed E-state index contributed by atoms with van der Waals surface area (Å²) in [7, 11) is 4.03. The summed E-state index contributed by atoms with van der Waals surface area (Å²) in [6.07, 6.45) is 1.64. The number of likely N-dealkylation sites (N-methyl/N-ethyl adjacent to an activating group) is 1. The maximum absolute atomic E-state index is 6.32. The van der Waals surface area contributed by atoms with Crippen LogP contribution in [-0.2, 0) is 6.54 Å². The van der Waals surface area contributed by atoms with Crippen molar-refractivity contribution in [2.75, 3.05) is 20.6 Å². The lowest BCUT2D eigenvalue weighted by atomic mass is 10.0. The third-order valence-corrected chi connectivity index (χ3v) is 3.62. The van der Waals surface area contributed by atoms with Crippen LogP contribution in [0.5, 0.6) is 0 Å². The largest absolute Gasteiger partial charge is 0.319 e. The summed E-state index contributed by atoms with van der Waals surface area (Å²) in [5, 5.41) is 5.54. The molecule has 0 aliphatic rings. The van der Waals surface area contributed by atoms with Crippen molar-refractivity contribution in [3.63, 3.8) is 0 Å². The quantitative estimate of drug-likeness (QED) is 0.923. The molecule has 1 atom stereocenters. The number of hydrogen-bond donors (Lipinski definition) is 1. The molecule has 0 radical (unpaired) electrons. The third-order valence-electron chi connectivity index (χ3n) is 3.09. The average Bonchev–Trinajstić information content (AvgIpc) is 2.76. The van der Waals surface area contributed by atoms with Crippen molar-refractivity contribution in [1.82, 2.24) is 14.7 Å². The lowest BCUT2D eigenvalue weighted by Crippen LogP contribution is -2.23. The Kier molecular flexibility index (Phi) is 5.05. The molecule has 0 saturated heterocycles. The van der Waals surface area contributed by atoms with Gasteiger partial charge in [-0.15, -0.1) is 0 Å². The third kappa shape index (κ3) is 3.52. The van der Waals surface area contributed by atoms with Gasteiger partial charge in [-0.2, -0.15) is 5.10 Å². The topological polar surface area (TPSA) is 47.1 Å². The molecule has 0 aliphatic carbocycles. The first-order valence-corrected chi connectivity index (χ1v) is 7.11. The van der Waals surface area contributed by atoms with Crippen molar-refractivity contribution in [2.24, 2.45) is 5.73 Å². The van der Waals surface area contributed by atoms with E-state index in [2.05, 4.69) is 10.00 Å². The minimum Gasteiger partial charge on any atom is -0.319 e. The van der Waals surface area contributed by atoms with Crippen molar-refractivity contribution in [3.8, 4) is 0 Å². The van der Waals surface area contributed by atoms with Crippen LogP contribution >= 0.6 is 23.2 Å². The average molecular weight is 313 g/mol. The number of benzene rings is 1. The van der Waals surface area contributed by atoms with Gasteiger partial charge in [-0.1, -0.05) is 35.3 Å². The van der Waals surface area contributed by atoms with E-state index < -0.39 is 0 Å². The summed E-state index contributed by atoms with van der Waals surface area (Å²) in [6, 6.07) is 7.15. The van der Waals surface area contributed by atoms with Crippen LogP contribution < -0.4 is 5.73 Å². The molecule has 0 spiro atoms. The predicted octanol–water partition coefficient (Wildman–Crippen LogP) is 2.80. The van der Waals surface area contributed by atoms with Gasteiger partial charge in [0.15, 0.2) is 0 Å². The van der Waals surface area contributed by atoms with Crippen LogP contribution in [0.3, 0.4) is 0 Å². The molecule has 1 heterocycles. The maximum Gasteiger partial charge on any atom is 0.0837 e. The van der Waals surface area contributed by atoms with Crippen molar-refractivity contribution >= 4 is 23.2 Å². The van der Waals surface area contributed by atoms with Gasteiger partial charge in [0.25, 0.3) is 0 Å². The van der Waals surface area contributed by atoms with E-state index in [9.17, 15) is 0 Å². The molecule has 0 saturated carbocycles. The van der Waals surface area contributed by atoms with E-state index in [4.69, 9.17) is 28.9 Å². The van der Waals surface area contributed by atoms with Gasteiger partial charge in [-0.05, 0) is 31.8 Å². The molecule has 2 rings (SSSR count). The Balaban J connectivity index is 2.29. The summed E-state index contributed by atoms with van der Waals surface area (Å²) < 4.78 is 1.86. The fourth-order valence-corrected chi connectivity index (χ4v) is 2.47. The Bertz CT molecular complexity index is 580. The van der Waals surface area contributed by atoms with Crippen LogP contribution in [-0.4, -0.2) is 35.3 Å². The van der Waals surface area contributed by atoms with Crippen LogP contribution in [0.4, 0.5) is 0 Å². The van der Waals surface area contributed by atoms with E-state index in [-0.39, 0.29) is 6.04 Å². The zero-order chi connectivity index (χ0) is 14.7. The Morgan fingerprint density at radius 3 is 2.75 bits per heavy atom. The van der Waals surface area contributed by atoms with Gasteiger partial charge in [0.05, 0.1) is 29.5 Å². The zero-order valence-electron chi connectivity index (χ0n) is 11.6. The minimum absolute atomic E-state index is 0.342. The van der Waals surface area contributed by atoms with Gasteiger partial charge >= 0.3 is 0 Å². The number of hydrogen-bond acceptors (Lipinski definition) is 3. The van der Waals surface area contributed by atoms with Gasteiger partial charge in [0, 0.05) is 11.6 Å². The normalized spacial score (nSPS) is 12.9. The second-order valence-corrected chi connectivity index (χ2v) is 5.78. The maximum atomic E-state index is 6.32. The zero-order valence-corrected chi connectivity index (χ0v) is 13.1. The molecule has 4 nitrogen and oxygen atoms in total. The first-order valence-electron chi connectivity index (χ1n) is 6.36. The van der Waals surface area contributed by atoms with Crippen LogP contribution in [0.15, 0.2) is 30.5 Å². The fraction of sp³-hybridized carbons (Fsp3) is 0.357. The minimum atomic E-state index is -0.342. The molecular formula is C14H18Cl2N4. The fourth-order valence-electron chi connectivity index (χ4n) is 2.01. The van der Waals surface area contributed by atoms with E-state index in [0.717, 1.165) is 24.3 Å². The molecule has 1 aromatic heterocycles. The molecule has 0 amide bonds. The van der Waals surface area contributed by atoms with Gasteiger partial charge in [0.2, 0.25) is 0 Å². The second kappa shape index (κ2) is 6.59. The van der Waals surface area contributed by atoms with E-state index in [1.165, 1.54) is 0 Å². The summed E-state index contributed by atoms with van der Waals surface area (Å²) in [5.74, 6) is 0.